The van der Waals surface area contributed by atoms with Crippen LogP contribution in [0.2, 0.25) is 0 Å². The first-order chi connectivity index (χ1) is 8.25. The molecule has 3 nitrogen and oxygen atoms in total. The minimum absolute atomic E-state index is 0.159. The Labute approximate surface area is 96.1 Å². The first-order valence-electron chi connectivity index (χ1n) is 5.07. The van der Waals surface area contributed by atoms with E-state index in [1.165, 1.54) is 18.2 Å². The van der Waals surface area contributed by atoms with Gasteiger partial charge in [0.05, 0.1) is 5.39 Å². The van der Waals surface area contributed by atoms with E-state index in [4.69, 9.17) is 4.52 Å². The van der Waals surface area contributed by atoms with Gasteiger partial charge in [-0.15, -0.1) is 0 Å². The molecule has 83 valence electrons. The number of rotatable bonds is 1. The van der Waals surface area contributed by atoms with Crippen molar-refractivity contribution in [2.45, 2.75) is 0 Å². The molecule has 0 bridgehead atoms. The zero-order valence-corrected chi connectivity index (χ0v) is 8.68. The van der Waals surface area contributed by atoms with Gasteiger partial charge in [0.2, 0.25) is 0 Å². The number of hydrogen-bond acceptors (Lipinski definition) is 2. The second kappa shape index (κ2) is 3.59. The summed E-state index contributed by atoms with van der Waals surface area (Å²) in [4.78, 5) is 0. The molecule has 0 aliphatic carbocycles. The van der Waals surface area contributed by atoms with Crippen molar-refractivity contribution in [3.05, 3.63) is 48.3 Å². The van der Waals surface area contributed by atoms with Gasteiger partial charge in [-0.25, -0.2) is 4.39 Å². The van der Waals surface area contributed by atoms with Crippen molar-refractivity contribution in [1.29, 1.82) is 0 Å². The molecule has 0 N–H and O–H groups in total. The SMILES string of the molecule is [O]c1ccc2c(-c3ccccc3F)noc2c1. The van der Waals surface area contributed by atoms with E-state index < -0.39 is 0 Å². The molecule has 0 amide bonds. The maximum atomic E-state index is 13.6. The second-order valence-corrected chi connectivity index (χ2v) is 3.67. The predicted octanol–water partition coefficient (Wildman–Crippen LogP) is 3.78. The van der Waals surface area contributed by atoms with Gasteiger partial charge in [0.1, 0.15) is 11.5 Å². The highest BCUT2D eigenvalue weighted by molar-refractivity contribution is 5.92. The molecular formula is C13H7FNO2. The van der Waals surface area contributed by atoms with Gasteiger partial charge in [-0.3, -0.25) is 5.11 Å². The van der Waals surface area contributed by atoms with Crippen molar-refractivity contribution in [2.24, 2.45) is 0 Å². The van der Waals surface area contributed by atoms with Crippen molar-refractivity contribution in [3.8, 4) is 17.0 Å². The lowest BCUT2D eigenvalue weighted by Gasteiger charge is -1.97. The van der Waals surface area contributed by atoms with Gasteiger partial charge in [-0.05, 0) is 24.3 Å². The van der Waals surface area contributed by atoms with E-state index in [1.807, 2.05) is 0 Å². The lowest BCUT2D eigenvalue weighted by atomic mass is 10.1. The Kier molecular flexibility index (Phi) is 2.08. The van der Waals surface area contributed by atoms with Crippen LogP contribution >= 0.6 is 0 Å². The standard InChI is InChI=1S/C13H7FNO2/c14-11-4-2-1-3-9(11)13-10-6-5-8(16)7-12(10)17-15-13/h1-7H. The first-order valence-corrected chi connectivity index (χ1v) is 5.07. The van der Waals surface area contributed by atoms with Crippen molar-refractivity contribution in [3.63, 3.8) is 0 Å². The van der Waals surface area contributed by atoms with E-state index in [0.29, 0.717) is 22.2 Å². The van der Waals surface area contributed by atoms with Crippen molar-refractivity contribution >= 4 is 11.0 Å². The third-order valence-corrected chi connectivity index (χ3v) is 2.57. The Bertz CT molecular complexity index is 691. The zero-order chi connectivity index (χ0) is 11.8. The summed E-state index contributed by atoms with van der Waals surface area (Å²) in [5.74, 6) is -0.525. The van der Waals surface area contributed by atoms with E-state index in [-0.39, 0.29) is 11.6 Å². The summed E-state index contributed by atoms with van der Waals surface area (Å²) >= 11 is 0. The molecule has 17 heavy (non-hydrogen) atoms. The molecule has 4 heteroatoms. The molecule has 0 aliphatic heterocycles. The first kappa shape index (κ1) is 9.84. The van der Waals surface area contributed by atoms with Gasteiger partial charge < -0.3 is 4.52 Å². The van der Waals surface area contributed by atoms with Crippen LogP contribution in [-0.2, 0) is 5.11 Å². The maximum Gasteiger partial charge on any atom is 0.182 e. The average molecular weight is 228 g/mol. The fourth-order valence-electron chi connectivity index (χ4n) is 1.77. The normalized spacial score (nSPS) is 10.9. The second-order valence-electron chi connectivity index (χ2n) is 3.67. The van der Waals surface area contributed by atoms with Crippen LogP contribution in [0.3, 0.4) is 0 Å². The number of halogens is 1. The topological polar surface area (TPSA) is 45.9 Å². The molecule has 3 rings (SSSR count). The van der Waals surface area contributed by atoms with Crippen molar-refractivity contribution in [1.82, 2.24) is 5.16 Å². The largest absolute Gasteiger partial charge is 0.355 e. The van der Waals surface area contributed by atoms with E-state index >= 15 is 0 Å². The van der Waals surface area contributed by atoms with Gasteiger partial charge in [0.25, 0.3) is 0 Å². The summed E-state index contributed by atoms with van der Waals surface area (Å²) in [6, 6.07) is 10.7. The average Bonchev–Trinajstić information content (AvgIpc) is 2.72. The highest BCUT2D eigenvalue weighted by Crippen LogP contribution is 2.31. The molecule has 0 fully saturated rings. The molecule has 0 saturated carbocycles. The summed E-state index contributed by atoms with van der Waals surface area (Å²) in [5, 5.41) is 15.6. The minimum atomic E-state index is -0.367. The van der Waals surface area contributed by atoms with E-state index in [9.17, 15) is 9.50 Å². The highest BCUT2D eigenvalue weighted by atomic mass is 19.1. The predicted molar refractivity (Wildman–Crippen MR) is 59.5 cm³/mol. The molecule has 0 atom stereocenters. The Hall–Kier alpha value is -2.36. The lowest BCUT2D eigenvalue weighted by molar-refractivity contribution is 0.354. The van der Waals surface area contributed by atoms with Crippen LogP contribution < -0.4 is 0 Å². The van der Waals surface area contributed by atoms with Crippen molar-refractivity contribution in [2.75, 3.05) is 0 Å². The number of fused-ring (bicyclic) bond motifs is 1. The molecule has 1 aromatic heterocycles. The van der Waals surface area contributed by atoms with Crippen LogP contribution in [0.25, 0.3) is 22.2 Å². The number of benzene rings is 2. The molecule has 1 heterocycles. The van der Waals surface area contributed by atoms with Crippen LogP contribution in [0.15, 0.2) is 47.0 Å². The molecule has 0 saturated heterocycles. The maximum absolute atomic E-state index is 13.6. The van der Waals surface area contributed by atoms with Gasteiger partial charge >= 0.3 is 0 Å². The van der Waals surface area contributed by atoms with E-state index in [2.05, 4.69) is 5.16 Å². The number of hydrogen-bond donors (Lipinski definition) is 0. The summed E-state index contributed by atoms with van der Waals surface area (Å²) in [6.07, 6.45) is 0. The number of aromatic nitrogens is 1. The lowest BCUT2D eigenvalue weighted by Crippen LogP contribution is -1.83. The minimum Gasteiger partial charge on any atom is -0.355 e. The molecular weight excluding hydrogens is 221 g/mol. The van der Waals surface area contributed by atoms with Crippen LogP contribution in [-0.4, -0.2) is 5.16 Å². The molecule has 0 unspecified atom stereocenters. The third-order valence-electron chi connectivity index (χ3n) is 2.57. The molecule has 0 aliphatic rings. The van der Waals surface area contributed by atoms with Crippen LogP contribution in [0.1, 0.15) is 0 Å². The van der Waals surface area contributed by atoms with E-state index in [1.54, 1.807) is 24.3 Å². The van der Waals surface area contributed by atoms with Gasteiger partial charge in [-0.1, -0.05) is 17.3 Å². The quantitative estimate of drug-likeness (QED) is 0.636. The molecule has 2 aromatic carbocycles. The van der Waals surface area contributed by atoms with E-state index in [0.717, 1.165) is 0 Å². The zero-order valence-electron chi connectivity index (χ0n) is 8.68. The summed E-state index contributed by atoms with van der Waals surface area (Å²) in [5.41, 5.74) is 1.15. The number of nitrogens with zero attached hydrogens (tertiary/aromatic N) is 1. The molecule has 0 spiro atoms. The third kappa shape index (κ3) is 1.54. The van der Waals surface area contributed by atoms with Crippen LogP contribution in [0, 0.1) is 5.82 Å². The van der Waals surface area contributed by atoms with Crippen LogP contribution in [0.4, 0.5) is 4.39 Å². The Balaban J connectivity index is 2.29. The fraction of sp³-hybridized carbons (Fsp3) is 0. The smallest absolute Gasteiger partial charge is 0.182 e. The van der Waals surface area contributed by atoms with Gasteiger partial charge in [0, 0.05) is 11.6 Å². The van der Waals surface area contributed by atoms with Crippen LogP contribution in [0.5, 0.6) is 5.75 Å². The van der Waals surface area contributed by atoms with Gasteiger partial charge in [-0.2, -0.15) is 0 Å². The summed E-state index contributed by atoms with van der Waals surface area (Å²) < 4.78 is 18.6. The highest BCUT2D eigenvalue weighted by Gasteiger charge is 2.14. The monoisotopic (exact) mass is 228 g/mol. The van der Waals surface area contributed by atoms with Gasteiger partial charge in [0.15, 0.2) is 11.3 Å². The fourth-order valence-corrected chi connectivity index (χ4v) is 1.77. The summed E-state index contributed by atoms with van der Waals surface area (Å²) in [7, 11) is 0. The van der Waals surface area contributed by atoms with Crippen molar-refractivity contribution < 1.29 is 14.0 Å². The molecule has 3 aromatic rings. The Morgan fingerprint density at radius 3 is 2.76 bits per heavy atom. The summed E-state index contributed by atoms with van der Waals surface area (Å²) in [6.45, 7) is 0. The Morgan fingerprint density at radius 2 is 1.94 bits per heavy atom. The Morgan fingerprint density at radius 1 is 1.12 bits per heavy atom. The molecule has 1 radical (unpaired) electrons.